The number of amides is 2. The van der Waals surface area contributed by atoms with E-state index in [0.717, 1.165) is 11.3 Å². The molecule has 4 N–H and O–H groups in total. The number of nitrogen functional groups attached to an aromatic ring is 1. The summed E-state index contributed by atoms with van der Waals surface area (Å²) in [6, 6.07) is -0.883. The van der Waals surface area contributed by atoms with Gasteiger partial charge in [0, 0.05) is 24.6 Å². The Bertz CT molecular complexity index is 1060. The fourth-order valence-corrected chi connectivity index (χ4v) is 5.66. The highest BCUT2D eigenvalue weighted by Crippen LogP contribution is 2.43. The maximum atomic E-state index is 13.0. The third kappa shape index (κ3) is 5.51. The van der Waals surface area contributed by atoms with Gasteiger partial charge in [0.25, 0.3) is 5.91 Å². The lowest BCUT2D eigenvalue weighted by Crippen LogP contribution is -2.74. The van der Waals surface area contributed by atoms with Gasteiger partial charge in [-0.25, -0.2) is 9.78 Å². The maximum absolute atomic E-state index is 13.0. The van der Waals surface area contributed by atoms with Crippen molar-refractivity contribution in [2.45, 2.75) is 38.5 Å². The van der Waals surface area contributed by atoms with Crippen LogP contribution in [0.4, 0.5) is 9.93 Å². The number of anilines is 1. The fourth-order valence-electron chi connectivity index (χ4n) is 3.60. The van der Waals surface area contributed by atoms with Crippen molar-refractivity contribution in [2.75, 3.05) is 24.6 Å². The normalized spacial score (nSPS) is 24.8. The molecule has 0 aliphatic carbocycles. The molecule has 2 aliphatic rings. The summed E-state index contributed by atoms with van der Waals surface area (Å²) in [4.78, 5) is 55.3. The van der Waals surface area contributed by atoms with Crippen molar-refractivity contribution in [1.29, 1.82) is 0 Å². The monoisotopic (exact) mass is 527 g/mol. The molecular weight excluding hydrogens is 502 g/mol. The molecule has 2 aliphatic heterocycles. The van der Waals surface area contributed by atoms with Crippen LogP contribution in [0.1, 0.15) is 26.5 Å². The van der Waals surface area contributed by atoms with Gasteiger partial charge in [-0.05, 0) is 13.8 Å². The largest absolute Gasteiger partial charge is 0.511 e. The Morgan fingerprint density at radius 2 is 2.20 bits per heavy atom. The zero-order valence-electron chi connectivity index (χ0n) is 19.1. The molecule has 3 heterocycles. The standard InChI is InChI=1S/C20H25N5O8S2/c1-4-6-20(17(28)32-10(3)33-19(29)31-5-2)8-25-15(27)13(16(25)35-9-20)23-14(26)12(24-30)11-7-34-18(21)22-11/h4,6-7,10,13,16,30H,5,8-9H2,1-3H3,(H2,21,22)(H,23,26)/t10?,13?,16-,20?/m1/s1. The number of carbonyl (C=O) groups is 4. The molecule has 3 rings (SSSR count). The first kappa shape index (κ1) is 26.3. The Morgan fingerprint density at radius 1 is 1.46 bits per heavy atom. The third-order valence-electron chi connectivity index (χ3n) is 5.16. The van der Waals surface area contributed by atoms with Gasteiger partial charge in [0.2, 0.25) is 12.2 Å². The van der Waals surface area contributed by atoms with Crippen LogP contribution in [0.2, 0.25) is 0 Å². The van der Waals surface area contributed by atoms with Crippen LogP contribution < -0.4 is 11.1 Å². The maximum Gasteiger partial charge on any atom is 0.511 e. The van der Waals surface area contributed by atoms with Crippen molar-refractivity contribution < 1.29 is 38.6 Å². The van der Waals surface area contributed by atoms with Crippen LogP contribution in [0.5, 0.6) is 0 Å². The van der Waals surface area contributed by atoms with Gasteiger partial charge in [-0.1, -0.05) is 17.3 Å². The predicted molar refractivity (Wildman–Crippen MR) is 126 cm³/mol. The van der Waals surface area contributed by atoms with E-state index in [1.54, 1.807) is 26.0 Å². The number of hydrogen-bond acceptors (Lipinski definition) is 13. The summed E-state index contributed by atoms with van der Waals surface area (Å²) in [7, 11) is 0. The summed E-state index contributed by atoms with van der Waals surface area (Å²) < 4.78 is 14.9. The minimum Gasteiger partial charge on any atom is -0.435 e. The lowest BCUT2D eigenvalue weighted by molar-refractivity contribution is -0.179. The predicted octanol–water partition coefficient (Wildman–Crippen LogP) is 0.928. The van der Waals surface area contributed by atoms with Gasteiger partial charge in [0.1, 0.15) is 22.5 Å². The summed E-state index contributed by atoms with van der Waals surface area (Å²) in [6.07, 6.45) is 1.15. The number of esters is 1. The van der Waals surface area contributed by atoms with E-state index in [9.17, 15) is 24.4 Å². The molecule has 2 fully saturated rings. The number of ether oxygens (including phenoxy) is 3. The number of allylic oxidation sites excluding steroid dienone is 1. The Morgan fingerprint density at radius 3 is 2.80 bits per heavy atom. The van der Waals surface area contributed by atoms with E-state index in [2.05, 4.69) is 20.2 Å². The molecule has 13 nitrogen and oxygen atoms in total. The number of thioether (sulfide) groups is 1. The number of nitrogens with zero attached hydrogens (tertiary/aromatic N) is 3. The lowest BCUT2D eigenvalue weighted by Gasteiger charge is -2.53. The van der Waals surface area contributed by atoms with Gasteiger partial charge < -0.3 is 35.4 Å². The number of fused-ring (bicyclic) bond motifs is 1. The number of oxime groups is 1. The minimum absolute atomic E-state index is 0.00867. The van der Waals surface area contributed by atoms with E-state index in [1.807, 2.05) is 0 Å². The summed E-state index contributed by atoms with van der Waals surface area (Å²) in [6.45, 7) is 4.84. The number of carbonyl (C=O) groups excluding carboxylic acids is 4. The van der Waals surface area contributed by atoms with Crippen LogP contribution in [0.25, 0.3) is 0 Å². The quantitative estimate of drug-likeness (QED) is 0.0831. The van der Waals surface area contributed by atoms with Crippen LogP contribution in [0.3, 0.4) is 0 Å². The topological polar surface area (TPSA) is 183 Å². The van der Waals surface area contributed by atoms with E-state index < -0.39 is 47.1 Å². The average molecular weight is 528 g/mol. The van der Waals surface area contributed by atoms with Gasteiger partial charge in [-0.2, -0.15) is 0 Å². The number of thiazole rings is 1. The number of hydrogen-bond donors (Lipinski definition) is 3. The average Bonchev–Trinajstić information content (AvgIpc) is 3.23. The van der Waals surface area contributed by atoms with Crippen molar-refractivity contribution in [1.82, 2.24) is 15.2 Å². The van der Waals surface area contributed by atoms with E-state index in [4.69, 9.17) is 15.2 Å². The summed E-state index contributed by atoms with van der Waals surface area (Å²) in [5.74, 6) is -1.63. The van der Waals surface area contributed by atoms with Gasteiger partial charge in [-0.15, -0.1) is 23.1 Å². The number of nitrogens with two attached hydrogens (primary N) is 1. The van der Waals surface area contributed by atoms with Crippen molar-refractivity contribution >= 4 is 57.9 Å². The van der Waals surface area contributed by atoms with Crippen LogP contribution in [0, 0.1) is 5.41 Å². The molecule has 0 bridgehead atoms. The number of rotatable bonds is 8. The number of nitrogens with one attached hydrogen (secondary N) is 1. The third-order valence-corrected chi connectivity index (χ3v) is 7.39. The molecule has 3 unspecified atom stereocenters. The molecule has 0 spiro atoms. The summed E-state index contributed by atoms with van der Waals surface area (Å²) >= 11 is 2.35. The molecule has 0 aromatic carbocycles. The minimum atomic E-state index is -1.19. The number of aromatic nitrogens is 1. The molecule has 35 heavy (non-hydrogen) atoms. The van der Waals surface area contributed by atoms with Crippen LogP contribution >= 0.6 is 23.1 Å². The van der Waals surface area contributed by atoms with E-state index in [1.165, 1.54) is 29.0 Å². The van der Waals surface area contributed by atoms with Gasteiger partial charge in [0.15, 0.2) is 10.8 Å². The van der Waals surface area contributed by atoms with Crippen molar-refractivity contribution in [2.24, 2.45) is 10.6 Å². The first-order chi connectivity index (χ1) is 16.7. The Balaban J connectivity index is 1.65. The lowest BCUT2D eigenvalue weighted by atomic mass is 9.86. The highest BCUT2D eigenvalue weighted by atomic mass is 32.2. The summed E-state index contributed by atoms with van der Waals surface area (Å²) in [5.41, 5.74) is 4.10. The molecule has 0 radical (unpaired) electrons. The second kappa shape index (κ2) is 10.9. The molecule has 0 saturated carbocycles. The Labute approximate surface area is 208 Å². The smallest absolute Gasteiger partial charge is 0.435 e. The molecule has 1 aromatic rings. The second-order valence-electron chi connectivity index (χ2n) is 7.57. The van der Waals surface area contributed by atoms with Crippen molar-refractivity contribution in [3.05, 3.63) is 23.2 Å². The molecule has 15 heteroatoms. The fraction of sp³-hybridized carbons (Fsp3) is 0.500. The van der Waals surface area contributed by atoms with E-state index in [-0.39, 0.29) is 35.4 Å². The highest BCUT2D eigenvalue weighted by Gasteiger charge is 2.57. The number of β-lactam (4-membered cyclic amide) rings is 1. The van der Waals surface area contributed by atoms with E-state index >= 15 is 0 Å². The first-order valence-corrected chi connectivity index (χ1v) is 12.4. The van der Waals surface area contributed by atoms with Crippen molar-refractivity contribution in [3.8, 4) is 0 Å². The van der Waals surface area contributed by atoms with Crippen LogP contribution in [-0.4, -0.2) is 81.4 Å². The van der Waals surface area contributed by atoms with Gasteiger partial charge >= 0.3 is 12.1 Å². The van der Waals surface area contributed by atoms with Gasteiger partial charge in [0.05, 0.1) is 6.61 Å². The second-order valence-corrected chi connectivity index (χ2v) is 9.56. The van der Waals surface area contributed by atoms with Gasteiger partial charge in [-0.3, -0.25) is 14.4 Å². The molecule has 190 valence electrons. The zero-order valence-corrected chi connectivity index (χ0v) is 20.8. The SMILES string of the molecule is CC=CC1(C(=O)OC(C)OC(=O)OCC)CS[C@@H]2C(NC(=O)C(=NO)c3csc(N)n3)C(=O)N2C1. The Kier molecular flexibility index (Phi) is 8.22. The molecule has 4 atom stereocenters. The van der Waals surface area contributed by atoms with Crippen LogP contribution in [-0.2, 0) is 28.6 Å². The Hall–Kier alpha value is -3.33. The highest BCUT2D eigenvalue weighted by molar-refractivity contribution is 8.00. The van der Waals surface area contributed by atoms with Crippen LogP contribution in [0.15, 0.2) is 22.7 Å². The first-order valence-electron chi connectivity index (χ1n) is 10.5. The van der Waals surface area contributed by atoms with Crippen molar-refractivity contribution in [3.63, 3.8) is 0 Å². The molecule has 2 saturated heterocycles. The molecule has 2 amide bonds. The molecular formula is C20H25N5O8S2. The molecule has 1 aromatic heterocycles. The van der Waals surface area contributed by atoms with E-state index in [0.29, 0.717) is 0 Å². The zero-order chi connectivity index (χ0) is 25.8. The summed E-state index contributed by atoms with van der Waals surface area (Å²) in [5, 5.41) is 16.0.